The molecule has 0 saturated carbocycles. The van der Waals surface area contributed by atoms with Crippen molar-refractivity contribution < 1.29 is 19.1 Å². The predicted octanol–water partition coefficient (Wildman–Crippen LogP) is -3.08. The number of hydrogen-bond acceptors (Lipinski definition) is 6. The van der Waals surface area contributed by atoms with E-state index in [0.29, 0.717) is 39.5 Å². The zero-order chi connectivity index (χ0) is 13.4. The Morgan fingerprint density at radius 2 is 1.22 bits per heavy atom. The molecule has 0 spiro atoms. The summed E-state index contributed by atoms with van der Waals surface area (Å²) < 4.78 is 10.5. The van der Waals surface area contributed by atoms with Gasteiger partial charge in [-0.05, 0) is 0 Å². The van der Waals surface area contributed by atoms with Gasteiger partial charge in [-0.15, -0.1) is 0 Å². The van der Waals surface area contributed by atoms with E-state index in [2.05, 4.69) is 10.6 Å². The van der Waals surface area contributed by atoms with E-state index in [1.807, 2.05) is 0 Å². The lowest BCUT2D eigenvalue weighted by Crippen LogP contribution is -2.61. The summed E-state index contributed by atoms with van der Waals surface area (Å²) in [5.74, 6) is -1.27. The SMILES string of the molecule is NC(=O)C1NCCOCCOCCNC1C(N)=O. The van der Waals surface area contributed by atoms with Crippen LogP contribution in [-0.2, 0) is 19.1 Å². The molecule has 0 aromatic rings. The molecule has 8 heteroatoms. The van der Waals surface area contributed by atoms with Crippen LogP contribution in [0.5, 0.6) is 0 Å². The van der Waals surface area contributed by atoms with E-state index in [1.165, 1.54) is 0 Å². The fourth-order valence-corrected chi connectivity index (χ4v) is 1.66. The highest BCUT2D eigenvalue weighted by Crippen LogP contribution is 1.94. The molecule has 0 radical (unpaired) electrons. The van der Waals surface area contributed by atoms with E-state index in [0.717, 1.165) is 0 Å². The van der Waals surface area contributed by atoms with E-state index in [1.54, 1.807) is 0 Å². The van der Waals surface area contributed by atoms with E-state index < -0.39 is 23.9 Å². The summed E-state index contributed by atoms with van der Waals surface area (Å²) >= 11 is 0. The van der Waals surface area contributed by atoms with Crippen molar-refractivity contribution in [2.45, 2.75) is 12.1 Å². The highest BCUT2D eigenvalue weighted by molar-refractivity contribution is 5.90. The van der Waals surface area contributed by atoms with Gasteiger partial charge in [-0.3, -0.25) is 9.59 Å². The average molecular weight is 260 g/mol. The van der Waals surface area contributed by atoms with Crippen LogP contribution in [0, 0.1) is 0 Å². The Morgan fingerprint density at radius 1 is 0.833 bits per heavy atom. The van der Waals surface area contributed by atoms with Crippen molar-refractivity contribution in [2.24, 2.45) is 11.5 Å². The monoisotopic (exact) mass is 260 g/mol. The summed E-state index contributed by atoms with van der Waals surface area (Å²) in [7, 11) is 0. The first kappa shape index (κ1) is 14.8. The van der Waals surface area contributed by atoms with Crippen LogP contribution in [0.4, 0.5) is 0 Å². The summed E-state index contributed by atoms with van der Waals surface area (Å²) in [6, 6.07) is -1.71. The van der Waals surface area contributed by atoms with Gasteiger partial charge in [0.15, 0.2) is 0 Å². The lowest BCUT2D eigenvalue weighted by molar-refractivity contribution is -0.127. The molecule has 1 aliphatic rings. The lowest BCUT2D eigenvalue weighted by Gasteiger charge is -2.25. The standard InChI is InChI=1S/C10H20N4O4/c11-9(15)7-8(10(12)16)14-2-4-18-6-5-17-3-1-13-7/h7-8,13-14H,1-6H2,(H2,11,15)(H2,12,16). The second-order valence-corrected chi connectivity index (χ2v) is 3.89. The van der Waals surface area contributed by atoms with Gasteiger partial charge in [0.05, 0.1) is 26.4 Å². The molecule has 104 valence electrons. The predicted molar refractivity (Wildman–Crippen MR) is 63.6 cm³/mol. The first-order chi connectivity index (χ1) is 8.63. The smallest absolute Gasteiger partial charge is 0.236 e. The van der Waals surface area contributed by atoms with Crippen molar-refractivity contribution in [1.82, 2.24) is 10.6 Å². The quantitative estimate of drug-likeness (QED) is 0.417. The van der Waals surface area contributed by atoms with Crippen LogP contribution >= 0.6 is 0 Å². The highest BCUT2D eigenvalue weighted by atomic mass is 16.5. The van der Waals surface area contributed by atoms with Gasteiger partial charge >= 0.3 is 0 Å². The summed E-state index contributed by atoms with van der Waals surface area (Å²) in [6.07, 6.45) is 0. The Labute approximate surface area is 105 Å². The minimum Gasteiger partial charge on any atom is -0.378 e. The summed E-state index contributed by atoms with van der Waals surface area (Å²) in [6.45, 7) is 2.58. The van der Waals surface area contributed by atoms with Crippen LogP contribution in [-0.4, -0.2) is 63.4 Å². The van der Waals surface area contributed by atoms with Crippen LogP contribution in [0.1, 0.15) is 0 Å². The molecule has 0 aromatic heterocycles. The largest absolute Gasteiger partial charge is 0.378 e. The van der Waals surface area contributed by atoms with Gasteiger partial charge in [0.2, 0.25) is 11.8 Å². The van der Waals surface area contributed by atoms with Crippen molar-refractivity contribution in [3.05, 3.63) is 0 Å². The second-order valence-electron chi connectivity index (χ2n) is 3.89. The van der Waals surface area contributed by atoms with E-state index in [4.69, 9.17) is 20.9 Å². The molecule has 1 rings (SSSR count). The average Bonchev–Trinajstić information content (AvgIpc) is 2.28. The maximum absolute atomic E-state index is 11.3. The topological polar surface area (TPSA) is 129 Å². The molecule has 18 heavy (non-hydrogen) atoms. The third kappa shape index (κ3) is 4.96. The van der Waals surface area contributed by atoms with Crippen molar-refractivity contribution in [1.29, 1.82) is 0 Å². The number of rotatable bonds is 2. The van der Waals surface area contributed by atoms with Gasteiger partial charge in [-0.2, -0.15) is 0 Å². The zero-order valence-electron chi connectivity index (χ0n) is 10.2. The van der Waals surface area contributed by atoms with Gasteiger partial charge in [-0.1, -0.05) is 0 Å². The fraction of sp³-hybridized carbons (Fsp3) is 0.800. The Kier molecular flexibility index (Phi) is 6.58. The summed E-state index contributed by atoms with van der Waals surface area (Å²) in [4.78, 5) is 22.7. The zero-order valence-corrected chi connectivity index (χ0v) is 10.2. The minimum atomic E-state index is -0.856. The number of nitrogens with two attached hydrogens (primary N) is 2. The highest BCUT2D eigenvalue weighted by Gasteiger charge is 2.30. The van der Waals surface area contributed by atoms with Crippen LogP contribution in [0.3, 0.4) is 0 Å². The van der Waals surface area contributed by atoms with Gasteiger partial charge in [0, 0.05) is 13.1 Å². The molecule has 1 aliphatic heterocycles. The van der Waals surface area contributed by atoms with Gasteiger partial charge in [0.25, 0.3) is 0 Å². The number of ether oxygens (including phenoxy) is 2. The van der Waals surface area contributed by atoms with Crippen molar-refractivity contribution >= 4 is 11.8 Å². The van der Waals surface area contributed by atoms with Crippen LogP contribution in [0.15, 0.2) is 0 Å². The molecule has 2 unspecified atom stereocenters. The van der Waals surface area contributed by atoms with Crippen LogP contribution in [0.25, 0.3) is 0 Å². The first-order valence-electron chi connectivity index (χ1n) is 5.84. The number of hydrogen-bond donors (Lipinski definition) is 4. The van der Waals surface area contributed by atoms with E-state index >= 15 is 0 Å². The van der Waals surface area contributed by atoms with Gasteiger partial charge in [-0.25, -0.2) is 0 Å². The second kappa shape index (κ2) is 7.98. The number of carbonyl (C=O) groups excluding carboxylic acids is 2. The Bertz CT molecular complexity index is 259. The molecule has 0 bridgehead atoms. The van der Waals surface area contributed by atoms with Gasteiger partial charge in [0.1, 0.15) is 12.1 Å². The fourth-order valence-electron chi connectivity index (χ4n) is 1.66. The number of carbonyl (C=O) groups is 2. The molecular formula is C10H20N4O4. The first-order valence-corrected chi connectivity index (χ1v) is 5.84. The number of amides is 2. The summed E-state index contributed by atoms with van der Waals surface area (Å²) in [5, 5.41) is 5.73. The Hall–Kier alpha value is -1.22. The lowest BCUT2D eigenvalue weighted by atomic mass is 10.1. The third-order valence-corrected chi connectivity index (χ3v) is 2.54. The van der Waals surface area contributed by atoms with Crippen LogP contribution in [0.2, 0.25) is 0 Å². The minimum absolute atomic E-state index is 0.401. The molecular weight excluding hydrogens is 240 g/mol. The van der Waals surface area contributed by atoms with Gasteiger partial charge < -0.3 is 31.6 Å². The number of primary amides is 2. The molecule has 0 aliphatic carbocycles. The number of nitrogens with one attached hydrogen (secondary N) is 2. The van der Waals surface area contributed by atoms with Crippen molar-refractivity contribution in [3.63, 3.8) is 0 Å². The molecule has 8 nitrogen and oxygen atoms in total. The molecule has 1 fully saturated rings. The molecule has 2 atom stereocenters. The maximum Gasteiger partial charge on any atom is 0.236 e. The normalized spacial score (nSPS) is 27.8. The molecule has 2 amide bonds. The Morgan fingerprint density at radius 3 is 1.56 bits per heavy atom. The third-order valence-electron chi connectivity index (χ3n) is 2.54. The maximum atomic E-state index is 11.3. The molecule has 6 N–H and O–H groups in total. The van der Waals surface area contributed by atoms with Crippen molar-refractivity contribution in [3.8, 4) is 0 Å². The summed E-state index contributed by atoms with van der Waals surface area (Å²) in [5.41, 5.74) is 10.5. The van der Waals surface area contributed by atoms with Crippen molar-refractivity contribution in [2.75, 3.05) is 39.5 Å². The molecule has 1 heterocycles. The van der Waals surface area contributed by atoms with E-state index in [-0.39, 0.29) is 0 Å². The molecule has 0 aromatic carbocycles. The molecule has 1 saturated heterocycles. The van der Waals surface area contributed by atoms with E-state index in [9.17, 15) is 9.59 Å². The van der Waals surface area contributed by atoms with Crippen LogP contribution < -0.4 is 22.1 Å². The Balaban J connectivity index is 2.64.